The zero-order valence-corrected chi connectivity index (χ0v) is 16.0. The Bertz CT molecular complexity index is 1060. The second-order valence-electron chi connectivity index (χ2n) is 6.31. The van der Waals surface area contributed by atoms with Crippen LogP contribution in [0.2, 0.25) is 0 Å². The number of aromatic amines is 1. The van der Waals surface area contributed by atoms with Crippen LogP contribution >= 0.6 is 9.41 Å². The number of hydrogen-bond donors (Lipinski definition) is 4. The van der Waals surface area contributed by atoms with Gasteiger partial charge in [-0.25, -0.2) is 19.9 Å². The summed E-state index contributed by atoms with van der Waals surface area (Å²) >= 11 is 0. The highest BCUT2D eigenvalue weighted by Crippen LogP contribution is 2.35. The van der Waals surface area contributed by atoms with Crippen molar-refractivity contribution >= 4 is 44.3 Å². The molecule has 0 bridgehead atoms. The van der Waals surface area contributed by atoms with Crippen molar-refractivity contribution < 1.29 is 19.2 Å². The molecule has 13 heteroatoms. The molecule has 0 aliphatic carbocycles. The SMILES string of the molecule is [3H]POCC1OC(n2c(NC(=O)/C=C/c3cnc[nH]3)nc3c(N)ncnc32)CC1O. The van der Waals surface area contributed by atoms with Gasteiger partial charge in [0.2, 0.25) is 5.95 Å². The van der Waals surface area contributed by atoms with Gasteiger partial charge in [-0.05, 0) is 6.08 Å². The lowest BCUT2D eigenvalue weighted by Gasteiger charge is -2.17. The summed E-state index contributed by atoms with van der Waals surface area (Å²) in [4.78, 5) is 31.7. The van der Waals surface area contributed by atoms with Gasteiger partial charge in [0.15, 0.2) is 17.0 Å². The van der Waals surface area contributed by atoms with E-state index in [4.69, 9.17) is 16.3 Å². The van der Waals surface area contributed by atoms with Crippen molar-refractivity contribution in [1.29, 1.82) is 1.28 Å². The fourth-order valence-electron chi connectivity index (χ4n) is 3.07. The second kappa shape index (κ2) is 8.21. The van der Waals surface area contributed by atoms with E-state index in [2.05, 4.69) is 30.2 Å². The number of hydrogen-bond acceptors (Lipinski definition) is 9. The zero-order chi connectivity index (χ0) is 21.1. The average Bonchev–Trinajstić information content (AvgIpc) is 3.44. The standard InChI is InChI=1S/C16H19N8O4P/c17-14-13-15(21-7-20-14)24(12-3-9(25)10(28-12)5-27-29)16(23-13)22-11(26)2-1-8-4-18-6-19-8/h1-2,4,6-7,9-10,12,25H,3,5,29H2,(H,18,19)(H2,17,20,21)(H,22,23,26)/b2-1+/i29T. The number of amides is 1. The number of aromatic nitrogens is 6. The minimum absolute atomic E-state index is 0.0813. The number of carbonyl (C=O) groups is 1. The van der Waals surface area contributed by atoms with Crippen molar-refractivity contribution in [3.63, 3.8) is 0 Å². The lowest BCUT2D eigenvalue weighted by Crippen LogP contribution is -2.24. The van der Waals surface area contributed by atoms with Gasteiger partial charge in [-0.3, -0.25) is 14.7 Å². The van der Waals surface area contributed by atoms with Crippen LogP contribution < -0.4 is 11.1 Å². The van der Waals surface area contributed by atoms with E-state index in [0.29, 0.717) is 16.9 Å². The molecule has 1 saturated heterocycles. The molecule has 4 unspecified atom stereocenters. The van der Waals surface area contributed by atoms with Crippen LogP contribution in [0.4, 0.5) is 11.8 Å². The summed E-state index contributed by atoms with van der Waals surface area (Å²) in [6, 6.07) is 0. The van der Waals surface area contributed by atoms with E-state index in [1.165, 1.54) is 18.7 Å². The van der Waals surface area contributed by atoms with Crippen LogP contribution in [0.3, 0.4) is 0 Å². The minimum atomic E-state index is -0.813. The molecule has 1 aliphatic rings. The van der Waals surface area contributed by atoms with Gasteiger partial charge < -0.3 is 25.1 Å². The number of nitrogens with one attached hydrogen (secondary N) is 2. The molecule has 152 valence electrons. The molecule has 4 atom stereocenters. The molecule has 5 N–H and O–H groups in total. The largest absolute Gasteiger partial charge is 0.390 e. The molecule has 4 rings (SSSR count). The molecule has 4 heterocycles. The van der Waals surface area contributed by atoms with Crippen LogP contribution in [-0.2, 0) is 14.1 Å². The van der Waals surface area contributed by atoms with Crippen LogP contribution in [-0.4, -0.2) is 60.6 Å². The molecule has 0 saturated carbocycles. The quantitative estimate of drug-likeness (QED) is 0.309. The number of ether oxygens (including phenoxy) is 1. The smallest absolute Gasteiger partial charge is 0.250 e. The zero-order valence-electron chi connectivity index (χ0n) is 16.0. The van der Waals surface area contributed by atoms with E-state index < -0.39 is 33.8 Å². The Hall–Kier alpha value is -2.92. The number of aliphatic hydroxyl groups excluding tert-OH is 1. The number of carbonyl (C=O) groups excluding carboxylic acids is 1. The lowest BCUT2D eigenvalue weighted by atomic mass is 10.2. The molecule has 0 aromatic carbocycles. The highest BCUT2D eigenvalue weighted by Gasteiger charge is 2.37. The van der Waals surface area contributed by atoms with Gasteiger partial charge in [-0.1, -0.05) is 0 Å². The molecular formula is C16H19N8O4P. The third kappa shape index (κ3) is 3.96. The van der Waals surface area contributed by atoms with Gasteiger partial charge in [0.05, 0.1) is 32.2 Å². The van der Waals surface area contributed by atoms with Gasteiger partial charge in [0.25, 0.3) is 5.91 Å². The fourth-order valence-corrected chi connectivity index (χ4v) is 3.23. The number of H-pyrrole nitrogens is 1. The van der Waals surface area contributed by atoms with Crippen LogP contribution in [0.25, 0.3) is 17.2 Å². The molecule has 12 nitrogen and oxygen atoms in total. The number of rotatable bonds is 7. The number of anilines is 2. The van der Waals surface area contributed by atoms with Crippen LogP contribution in [0, 0.1) is 0 Å². The molecular weight excluding hydrogens is 399 g/mol. The summed E-state index contributed by atoms with van der Waals surface area (Å²) < 4.78 is 19.6. The Morgan fingerprint density at radius 3 is 3.31 bits per heavy atom. The molecule has 0 spiro atoms. The van der Waals surface area contributed by atoms with Gasteiger partial charge >= 0.3 is 0 Å². The first-order valence-corrected chi connectivity index (χ1v) is 9.05. The number of fused-ring (bicyclic) bond motifs is 1. The maximum Gasteiger partial charge on any atom is 0.250 e. The summed E-state index contributed by atoms with van der Waals surface area (Å²) in [5.74, 6) is -0.143. The summed E-state index contributed by atoms with van der Waals surface area (Å²) in [5.41, 5.74) is 7.24. The summed E-state index contributed by atoms with van der Waals surface area (Å²) in [5, 5.41) is 13.0. The first kappa shape index (κ1) is 18.1. The Morgan fingerprint density at radius 2 is 2.52 bits per heavy atom. The minimum Gasteiger partial charge on any atom is -0.390 e. The number of nitrogen functional groups attached to an aromatic ring is 1. The van der Waals surface area contributed by atoms with Crippen molar-refractivity contribution in [3.8, 4) is 0 Å². The predicted molar refractivity (Wildman–Crippen MR) is 106 cm³/mol. The topological polar surface area (TPSA) is 166 Å². The van der Waals surface area contributed by atoms with Gasteiger partial charge in [0.1, 0.15) is 18.7 Å². The normalized spacial score (nSPS) is 22.8. The number of aliphatic hydroxyl groups is 1. The van der Waals surface area contributed by atoms with E-state index in [1.807, 2.05) is 0 Å². The number of imidazole rings is 2. The van der Waals surface area contributed by atoms with Crippen molar-refractivity contribution in [3.05, 3.63) is 30.6 Å². The molecule has 3 aromatic rings. The van der Waals surface area contributed by atoms with Crippen LogP contribution in [0.15, 0.2) is 24.9 Å². The summed E-state index contributed by atoms with van der Waals surface area (Å²) in [6.45, 7) is 0.0813. The third-order valence-electron chi connectivity index (χ3n) is 4.41. The highest BCUT2D eigenvalue weighted by atomic mass is 31.0. The molecule has 0 radical (unpaired) electrons. The lowest BCUT2D eigenvalue weighted by molar-refractivity contribution is -0.111. The number of nitrogens with zero attached hydrogens (tertiary/aromatic N) is 5. The van der Waals surface area contributed by atoms with Crippen molar-refractivity contribution in [2.24, 2.45) is 0 Å². The van der Waals surface area contributed by atoms with Crippen molar-refractivity contribution in [2.75, 3.05) is 17.7 Å². The number of nitrogens with two attached hydrogens (primary N) is 1. The Kier molecular flexibility index (Phi) is 5.13. The van der Waals surface area contributed by atoms with Crippen molar-refractivity contribution in [1.82, 2.24) is 29.5 Å². The maximum absolute atomic E-state index is 12.4. The highest BCUT2D eigenvalue weighted by molar-refractivity contribution is 7.09. The Labute approximate surface area is 168 Å². The summed E-state index contributed by atoms with van der Waals surface area (Å²) in [6.07, 6.45) is 5.36. The van der Waals surface area contributed by atoms with Gasteiger partial charge in [-0.15, -0.1) is 0 Å². The second-order valence-corrected chi connectivity index (χ2v) is 6.60. The Balaban J connectivity index is 1.63. The molecule has 1 fully saturated rings. The monoisotopic (exact) mass is 420 g/mol. The van der Waals surface area contributed by atoms with E-state index in [0.717, 1.165) is 0 Å². The first-order valence-electron chi connectivity index (χ1n) is 9.14. The van der Waals surface area contributed by atoms with Gasteiger partial charge in [-0.2, -0.15) is 0 Å². The summed E-state index contributed by atoms with van der Waals surface area (Å²) in [7, 11) is -0.463. The average molecular weight is 420 g/mol. The van der Waals surface area contributed by atoms with E-state index >= 15 is 0 Å². The van der Waals surface area contributed by atoms with Crippen molar-refractivity contribution in [2.45, 2.75) is 24.9 Å². The first-order chi connectivity index (χ1) is 14.6. The maximum atomic E-state index is 12.4. The van der Waals surface area contributed by atoms with E-state index in [9.17, 15) is 9.90 Å². The van der Waals surface area contributed by atoms with Crippen LogP contribution in [0.1, 0.15) is 18.3 Å². The van der Waals surface area contributed by atoms with E-state index in [1.54, 1.807) is 16.8 Å². The van der Waals surface area contributed by atoms with Gasteiger partial charge in [0, 0.05) is 21.9 Å². The Morgan fingerprint density at radius 1 is 1.62 bits per heavy atom. The molecule has 29 heavy (non-hydrogen) atoms. The van der Waals surface area contributed by atoms with E-state index in [-0.39, 0.29) is 24.8 Å². The molecule has 1 amide bonds. The molecule has 1 aliphatic heterocycles. The van der Waals surface area contributed by atoms with Crippen LogP contribution in [0.5, 0.6) is 0 Å². The predicted octanol–water partition coefficient (Wildman–Crippen LogP) is 0.239. The third-order valence-corrected chi connectivity index (χ3v) is 4.58. The molecule has 3 aromatic heterocycles. The fraction of sp³-hybridized carbons (Fsp3) is 0.312.